The summed E-state index contributed by atoms with van der Waals surface area (Å²) in [7, 11) is 0. The molecular weight excluding hydrogens is 331 g/mol. The van der Waals surface area contributed by atoms with E-state index in [1.807, 2.05) is 18.2 Å². The maximum Gasteiger partial charge on any atom is 0.251 e. The summed E-state index contributed by atoms with van der Waals surface area (Å²) in [6, 6.07) is 12.8. The highest BCUT2D eigenvalue weighted by atomic mass is 35.5. The third-order valence-corrected chi connectivity index (χ3v) is 4.27. The third kappa shape index (κ3) is 3.93. The molecule has 1 amide bonds. The fraction of sp³-hybridized carbons (Fsp3) is 0.278. The molecule has 0 bridgehead atoms. The second-order valence-corrected chi connectivity index (χ2v) is 5.99. The Morgan fingerprint density at radius 1 is 1.25 bits per heavy atom. The Hall–Kier alpha value is -1.95. The molecule has 0 spiro atoms. The molecule has 2 aromatic carbocycles. The number of nitrogens with one attached hydrogen (secondary N) is 2. The van der Waals surface area contributed by atoms with Gasteiger partial charge in [0.1, 0.15) is 11.9 Å². The van der Waals surface area contributed by atoms with Gasteiger partial charge in [-0.3, -0.25) is 4.79 Å². The fourth-order valence-electron chi connectivity index (χ4n) is 2.67. The molecular formula is C18H18ClFN2O2. The molecule has 0 aromatic heterocycles. The second kappa shape index (κ2) is 7.75. The first-order valence-electron chi connectivity index (χ1n) is 7.78. The Morgan fingerprint density at radius 2 is 2.00 bits per heavy atom. The number of benzene rings is 2. The zero-order chi connectivity index (χ0) is 16.9. The lowest BCUT2D eigenvalue weighted by Gasteiger charge is -2.27. The number of ether oxygens (including phenoxy) is 1. The summed E-state index contributed by atoms with van der Waals surface area (Å²) in [5.41, 5.74) is 1.50. The average molecular weight is 349 g/mol. The van der Waals surface area contributed by atoms with Crippen LogP contribution in [0.5, 0.6) is 0 Å². The lowest BCUT2D eigenvalue weighted by Crippen LogP contribution is -2.48. The van der Waals surface area contributed by atoms with E-state index in [9.17, 15) is 9.18 Å². The van der Waals surface area contributed by atoms with Crippen molar-refractivity contribution in [1.29, 1.82) is 0 Å². The smallest absolute Gasteiger partial charge is 0.251 e. The van der Waals surface area contributed by atoms with Gasteiger partial charge in [-0.1, -0.05) is 41.9 Å². The van der Waals surface area contributed by atoms with E-state index in [0.29, 0.717) is 18.2 Å². The molecule has 1 heterocycles. The van der Waals surface area contributed by atoms with Gasteiger partial charge in [0.2, 0.25) is 0 Å². The molecule has 2 N–H and O–H groups in total. The quantitative estimate of drug-likeness (QED) is 0.893. The highest BCUT2D eigenvalue weighted by molar-refractivity contribution is 6.31. The van der Waals surface area contributed by atoms with Crippen LogP contribution in [-0.2, 0) is 9.53 Å². The molecule has 1 aliphatic heterocycles. The van der Waals surface area contributed by atoms with Crippen molar-refractivity contribution in [3.8, 4) is 0 Å². The minimum absolute atomic E-state index is 0.226. The van der Waals surface area contributed by atoms with Gasteiger partial charge in [0, 0.05) is 18.1 Å². The summed E-state index contributed by atoms with van der Waals surface area (Å²) in [5.74, 6) is -0.556. The molecule has 2 aromatic rings. The lowest BCUT2D eigenvalue weighted by molar-refractivity contribution is -0.134. The van der Waals surface area contributed by atoms with Gasteiger partial charge in [0.15, 0.2) is 0 Å². The van der Waals surface area contributed by atoms with E-state index in [1.54, 1.807) is 18.2 Å². The minimum atomic E-state index is -0.552. The maximum atomic E-state index is 13.2. The molecule has 0 saturated carbocycles. The van der Waals surface area contributed by atoms with Crippen LogP contribution in [0.3, 0.4) is 0 Å². The predicted molar refractivity (Wildman–Crippen MR) is 90.4 cm³/mol. The number of hydrogen-bond donors (Lipinski definition) is 2. The standard InChI is InChI=1S/C18H18ClFN2O2/c19-15-4-2-1-3-14(15)17(12-5-7-13(20)8-6-12)22-18(23)16-11-21-9-10-24-16/h1-8,16-17,21H,9-11H2,(H,22,23)/t16-,17-/m1/s1. The van der Waals surface area contributed by atoms with Gasteiger partial charge in [0.25, 0.3) is 5.91 Å². The van der Waals surface area contributed by atoms with Gasteiger partial charge in [-0.2, -0.15) is 0 Å². The van der Waals surface area contributed by atoms with Crippen LogP contribution in [0.2, 0.25) is 5.02 Å². The first kappa shape index (κ1) is 16.9. The molecule has 3 rings (SSSR count). The van der Waals surface area contributed by atoms with Crippen LogP contribution < -0.4 is 10.6 Å². The molecule has 0 unspecified atom stereocenters. The van der Waals surface area contributed by atoms with Crippen molar-refractivity contribution >= 4 is 17.5 Å². The number of carbonyl (C=O) groups excluding carboxylic acids is 1. The average Bonchev–Trinajstić information content (AvgIpc) is 2.62. The summed E-state index contributed by atoms with van der Waals surface area (Å²) < 4.78 is 18.7. The summed E-state index contributed by atoms with van der Waals surface area (Å²) >= 11 is 6.30. The Morgan fingerprint density at radius 3 is 2.67 bits per heavy atom. The molecule has 1 saturated heterocycles. The number of morpholine rings is 1. The summed E-state index contributed by atoms with van der Waals surface area (Å²) in [6.45, 7) is 1.69. The SMILES string of the molecule is O=C(N[C@H](c1ccc(F)cc1)c1ccccc1Cl)[C@H]1CNCCO1. The highest BCUT2D eigenvalue weighted by Gasteiger charge is 2.26. The Kier molecular flexibility index (Phi) is 5.45. The van der Waals surface area contributed by atoms with Crippen LogP contribution in [0.15, 0.2) is 48.5 Å². The van der Waals surface area contributed by atoms with Crippen LogP contribution in [0.25, 0.3) is 0 Å². The first-order chi connectivity index (χ1) is 11.6. The van der Waals surface area contributed by atoms with Crippen molar-refractivity contribution in [1.82, 2.24) is 10.6 Å². The van der Waals surface area contributed by atoms with Crippen molar-refractivity contribution in [3.05, 3.63) is 70.5 Å². The van der Waals surface area contributed by atoms with Crippen LogP contribution in [-0.4, -0.2) is 31.7 Å². The van der Waals surface area contributed by atoms with Crippen LogP contribution in [0.1, 0.15) is 17.2 Å². The zero-order valence-corrected chi connectivity index (χ0v) is 13.7. The van der Waals surface area contributed by atoms with Crippen molar-refractivity contribution in [2.45, 2.75) is 12.1 Å². The van der Waals surface area contributed by atoms with Gasteiger partial charge in [-0.25, -0.2) is 4.39 Å². The van der Waals surface area contributed by atoms with Crippen LogP contribution in [0.4, 0.5) is 4.39 Å². The van der Waals surface area contributed by atoms with Crippen LogP contribution >= 0.6 is 11.6 Å². The van der Waals surface area contributed by atoms with Crippen molar-refractivity contribution in [2.75, 3.05) is 19.7 Å². The number of halogens is 2. The monoisotopic (exact) mass is 348 g/mol. The van der Waals surface area contributed by atoms with E-state index in [1.165, 1.54) is 12.1 Å². The molecule has 4 nitrogen and oxygen atoms in total. The number of hydrogen-bond acceptors (Lipinski definition) is 3. The van der Waals surface area contributed by atoms with E-state index >= 15 is 0 Å². The summed E-state index contributed by atoms with van der Waals surface area (Å²) in [4.78, 5) is 12.5. The van der Waals surface area contributed by atoms with Crippen molar-refractivity contribution in [3.63, 3.8) is 0 Å². The van der Waals surface area contributed by atoms with Crippen molar-refractivity contribution < 1.29 is 13.9 Å². The van der Waals surface area contributed by atoms with Gasteiger partial charge < -0.3 is 15.4 Å². The van der Waals surface area contributed by atoms with Crippen molar-refractivity contribution in [2.24, 2.45) is 0 Å². The van der Waals surface area contributed by atoms with E-state index in [-0.39, 0.29) is 11.7 Å². The molecule has 126 valence electrons. The van der Waals surface area contributed by atoms with Gasteiger partial charge in [0.05, 0.1) is 12.6 Å². The van der Waals surface area contributed by atoms with E-state index < -0.39 is 12.1 Å². The molecule has 6 heteroatoms. The first-order valence-corrected chi connectivity index (χ1v) is 8.15. The fourth-order valence-corrected chi connectivity index (χ4v) is 2.92. The molecule has 0 radical (unpaired) electrons. The minimum Gasteiger partial charge on any atom is -0.366 e. The molecule has 1 fully saturated rings. The maximum absolute atomic E-state index is 13.2. The highest BCUT2D eigenvalue weighted by Crippen LogP contribution is 2.28. The van der Waals surface area contributed by atoms with E-state index in [2.05, 4.69) is 10.6 Å². The number of rotatable bonds is 4. The Labute approximate surface area is 145 Å². The number of carbonyl (C=O) groups is 1. The normalized spacial score (nSPS) is 18.8. The zero-order valence-electron chi connectivity index (χ0n) is 13.0. The van der Waals surface area contributed by atoms with Gasteiger partial charge in [-0.05, 0) is 29.3 Å². The Bertz CT molecular complexity index is 702. The van der Waals surface area contributed by atoms with Crippen LogP contribution in [0, 0.1) is 5.82 Å². The molecule has 24 heavy (non-hydrogen) atoms. The lowest BCUT2D eigenvalue weighted by atomic mass is 9.98. The van der Waals surface area contributed by atoms with E-state index in [0.717, 1.165) is 17.7 Å². The number of amides is 1. The molecule has 1 aliphatic rings. The van der Waals surface area contributed by atoms with Gasteiger partial charge >= 0.3 is 0 Å². The van der Waals surface area contributed by atoms with E-state index in [4.69, 9.17) is 16.3 Å². The second-order valence-electron chi connectivity index (χ2n) is 5.58. The third-order valence-electron chi connectivity index (χ3n) is 3.93. The van der Waals surface area contributed by atoms with Gasteiger partial charge in [-0.15, -0.1) is 0 Å². The predicted octanol–water partition coefficient (Wildman–Crippen LogP) is 2.67. The summed E-state index contributed by atoms with van der Waals surface area (Å²) in [6.07, 6.45) is -0.552. The Balaban J connectivity index is 1.88. The molecule has 2 atom stereocenters. The topological polar surface area (TPSA) is 50.4 Å². The molecule has 0 aliphatic carbocycles. The summed E-state index contributed by atoms with van der Waals surface area (Å²) in [5, 5.41) is 6.63. The largest absolute Gasteiger partial charge is 0.366 e.